The van der Waals surface area contributed by atoms with Crippen molar-refractivity contribution in [3.05, 3.63) is 34.1 Å². The van der Waals surface area contributed by atoms with Gasteiger partial charge in [0.15, 0.2) is 0 Å². The number of aliphatic carboxylic acids is 1. The number of carbonyl (C=O) groups excluding carboxylic acids is 1. The molecule has 1 heterocycles. The van der Waals surface area contributed by atoms with Crippen LogP contribution in [0.2, 0.25) is 0 Å². The van der Waals surface area contributed by atoms with Gasteiger partial charge in [0.2, 0.25) is 0 Å². The number of benzene rings is 1. The third kappa shape index (κ3) is 3.81. The summed E-state index contributed by atoms with van der Waals surface area (Å²) in [4.78, 5) is 25.0. The number of nitrogens with zero attached hydrogens (tertiary/aromatic N) is 1. The number of halogens is 2. The van der Waals surface area contributed by atoms with Gasteiger partial charge in [-0.15, -0.1) is 0 Å². The van der Waals surface area contributed by atoms with E-state index in [9.17, 15) is 14.0 Å². The van der Waals surface area contributed by atoms with Gasteiger partial charge >= 0.3 is 5.97 Å². The highest BCUT2D eigenvalue weighted by Crippen LogP contribution is 2.27. The van der Waals surface area contributed by atoms with Crippen molar-refractivity contribution in [2.75, 3.05) is 6.54 Å². The first-order chi connectivity index (χ1) is 10.0. The van der Waals surface area contributed by atoms with E-state index < -0.39 is 11.8 Å². The van der Waals surface area contributed by atoms with Gasteiger partial charge in [-0.3, -0.25) is 9.59 Å². The van der Waals surface area contributed by atoms with Gasteiger partial charge in [-0.05, 0) is 53.7 Å². The second-order valence-electron chi connectivity index (χ2n) is 5.18. The standard InChI is InChI=1S/C15H17BrFNO3/c16-14-11(5-3-6-12(14)17)15(21)18-9-2-1-4-10(18)7-8-13(19)20/h3,5-6,10H,1-2,4,7-9H2,(H,19,20). The molecule has 0 bridgehead atoms. The summed E-state index contributed by atoms with van der Waals surface area (Å²) in [6.45, 7) is 0.589. The van der Waals surface area contributed by atoms with Gasteiger partial charge in [0.25, 0.3) is 5.91 Å². The molecule has 0 radical (unpaired) electrons. The lowest BCUT2D eigenvalue weighted by molar-refractivity contribution is -0.137. The quantitative estimate of drug-likeness (QED) is 0.897. The van der Waals surface area contributed by atoms with E-state index >= 15 is 0 Å². The van der Waals surface area contributed by atoms with Crippen molar-refractivity contribution in [1.82, 2.24) is 4.90 Å². The van der Waals surface area contributed by atoms with Gasteiger partial charge in [-0.2, -0.15) is 0 Å². The van der Waals surface area contributed by atoms with Crippen LogP contribution in [0.15, 0.2) is 22.7 Å². The number of hydrogen-bond acceptors (Lipinski definition) is 2. The molecule has 1 N–H and O–H groups in total. The van der Waals surface area contributed by atoms with Crippen LogP contribution in [-0.4, -0.2) is 34.5 Å². The first-order valence-corrected chi connectivity index (χ1v) is 7.76. The molecule has 114 valence electrons. The van der Waals surface area contributed by atoms with Crippen molar-refractivity contribution < 1.29 is 19.1 Å². The number of carbonyl (C=O) groups is 2. The molecule has 1 aromatic rings. The maximum Gasteiger partial charge on any atom is 0.303 e. The smallest absolute Gasteiger partial charge is 0.303 e. The fourth-order valence-electron chi connectivity index (χ4n) is 2.68. The summed E-state index contributed by atoms with van der Waals surface area (Å²) in [5, 5.41) is 8.81. The molecule has 1 unspecified atom stereocenters. The largest absolute Gasteiger partial charge is 0.481 e. The molecule has 2 rings (SSSR count). The monoisotopic (exact) mass is 357 g/mol. The fraction of sp³-hybridized carbons (Fsp3) is 0.467. The van der Waals surface area contributed by atoms with Crippen molar-refractivity contribution in [2.45, 2.75) is 38.1 Å². The molecular formula is C15H17BrFNO3. The summed E-state index contributed by atoms with van der Waals surface area (Å²) >= 11 is 3.11. The van der Waals surface area contributed by atoms with Crippen molar-refractivity contribution in [1.29, 1.82) is 0 Å². The van der Waals surface area contributed by atoms with Crippen LogP contribution in [0.1, 0.15) is 42.5 Å². The van der Waals surface area contributed by atoms with Crippen LogP contribution in [-0.2, 0) is 4.79 Å². The minimum Gasteiger partial charge on any atom is -0.481 e. The van der Waals surface area contributed by atoms with Gasteiger partial charge < -0.3 is 10.0 Å². The summed E-state index contributed by atoms with van der Waals surface area (Å²) in [6.07, 6.45) is 3.15. The molecule has 0 saturated carbocycles. The molecule has 21 heavy (non-hydrogen) atoms. The molecule has 6 heteroatoms. The number of hydrogen-bond donors (Lipinski definition) is 1. The molecule has 1 fully saturated rings. The molecule has 1 saturated heterocycles. The Morgan fingerprint density at radius 3 is 2.86 bits per heavy atom. The maximum atomic E-state index is 13.6. The average Bonchev–Trinajstić information content (AvgIpc) is 2.47. The number of carboxylic acids is 1. The Hall–Kier alpha value is -1.43. The van der Waals surface area contributed by atoms with E-state index in [2.05, 4.69) is 15.9 Å². The highest BCUT2D eigenvalue weighted by molar-refractivity contribution is 9.10. The number of piperidine rings is 1. The first-order valence-electron chi connectivity index (χ1n) is 6.97. The maximum absolute atomic E-state index is 13.6. The number of rotatable bonds is 4. The lowest BCUT2D eigenvalue weighted by Crippen LogP contribution is -2.44. The molecule has 1 aliphatic heterocycles. The van der Waals surface area contributed by atoms with E-state index in [1.54, 1.807) is 11.0 Å². The fourth-order valence-corrected chi connectivity index (χ4v) is 3.12. The van der Waals surface area contributed by atoms with Crippen LogP contribution in [0.25, 0.3) is 0 Å². The van der Waals surface area contributed by atoms with Crippen LogP contribution in [0.4, 0.5) is 4.39 Å². The van der Waals surface area contributed by atoms with E-state index in [1.807, 2.05) is 0 Å². The SMILES string of the molecule is O=C(O)CCC1CCCCN1C(=O)c1cccc(F)c1Br. The van der Waals surface area contributed by atoms with E-state index in [-0.39, 0.29) is 28.4 Å². The summed E-state index contributed by atoms with van der Waals surface area (Å²) < 4.78 is 13.7. The molecule has 0 aromatic heterocycles. The molecule has 1 atom stereocenters. The Morgan fingerprint density at radius 1 is 1.38 bits per heavy atom. The van der Waals surface area contributed by atoms with Crippen LogP contribution >= 0.6 is 15.9 Å². The molecule has 1 amide bonds. The highest BCUT2D eigenvalue weighted by Gasteiger charge is 2.29. The Kier molecular flexibility index (Phi) is 5.33. The second kappa shape index (κ2) is 7.02. The Labute approximate surface area is 131 Å². The average molecular weight is 358 g/mol. The molecule has 1 aromatic carbocycles. The van der Waals surface area contributed by atoms with Crippen LogP contribution in [0.3, 0.4) is 0 Å². The van der Waals surface area contributed by atoms with Crippen LogP contribution in [0, 0.1) is 5.82 Å². The van der Waals surface area contributed by atoms with Gasteiger partial charge in [0.1, 0.15) is 5.82 Å². The van der Waals surface area contributed by atoms with E-state index in [0.29, 0.717) is 13.0 Å². The van der Waals surface area contributed by atoms with E-state index in [4.69, 9.17) is 5.11 Å². The normalized spacial score (nSPS) is 18.6. The van der Waals surface area contributed by atoms with Crippen LogP contribution < -0.4 is 0 Å². The third-order valence-electron chi connectivity index (χ3n) is 3.76. The van der Waals surface area contributed by atoms with Crippen molar-refractivity contribution >= 4 is 27.8 Å². The number of likely N-dealkylation sites (tertiary alicyclic amines) is 1. The van der Waals surface area contributed by atoms with Crippen molar-refractivity contribution in [3.8, 4) is 0 Å². The van der Waals surface area contributed by atoms with Gasteiger partial charge in [-0.25, -0.2) is 4.39 Å². The van der Waals surface area contributed by atoms with Gasteiger partial charge in [0.05, 0.1) is 10.0 Å². The third-order valence-corrected chi connectivity index (χ3v) is 4.57. The Morgan fingerprint density at radius 2 is 2.14 bits per heavy atom. The molecule has 1 aliphatic rings. The summed E-state index contributed by atoms with van der Waals surface area (Å²) in [5.41, 5.74) is 0.289. The number of amides is 1. The number of carboxylic acid groups (broad SMARTS) is 1. The summed E-state index contributed by atoms with van der Waals surface area (Å²) in [6, 6.07) is 4.29. The van der Waals surface area contributed by atoms with Gasteiger partial charge in [-0.1, -0.05) is 6.07 Å². The Balaban J connectivity index is 2.18. The predicted octanol–water partition coefficient (Wildman–Crippen LogP) is 3.45. The highest BCUT2D eigenvalue weighted by atomic mass is 79.9. The first kappa shape index (κ1) is 15.9. The van der Waals surface area contributed by atoms with Gasteiger partial charge in [0, 0.05) is 19.0 Å². The molecular weight excluding hydrogens is 341 g/mol. The lowest BCUT2D eigenvalue weighted by atomic mass is 9.97. The predicted molar refractivity (Wildman–Crippen MR) is 79.6 cm³/mol. The minimum atomic E-state index is -0.861. The van der Waals surface area contributed by atoms with Crippen LogP contribution in [0.5, 0.6) is 0 Å². The zero-order chi connectivity index (χ0) is 15.4. The molecule has 0 aliphatic carbocycles. The molecule has 4 nitrogen and oxygen atoms in total. The van der Waals surface area contributed by atoms with E-state index in [1.165, 1.54) is 12.1 Å². The topological polar surface area (TPSA) is 57.6 Å². The van der Waals surface area contributed by atoms with Crippen molar-refractivity contribution in [2.24, 2.45) is 0 Å². The zero-order valence-corrected chi connectivity index (χ0v) is 13.1. The second-order valence-corrected chi connectivity index (χ2v) is 5.97. The summed E-state index contributed by atoms with van der Waals surface area (Å²) in [7, 11) is 0. The van der Waals surface area contributed by atoms with E-state index in [0.717, 1.165) is 19.3 Å². The van der Waals surface area contributed by atoms with Crippen molar-refractivity contribution in [3.63, 3.8) is 0 Å². The lowest BCUT2D eigenvalue weighted by Gasteiger charge is -2.36. The molecule has 0 spiro atoms. The zero-order valence-electron chi connectivity index (χ0n) is 11.5. The minimum absolute atomic E-state index is 0.0404. The summed E-state index contributed by atoms with van der Waals surface area (Å²) in [5.74, 6) is -1.57. The Bertz CT molecular complexity index is 550.